The van der Waals surface area contributed by atoms with Gasteiger partial charge in [0.05, 0.1) is 11.1 Å². The molecule has 1 aromatic carbocycles. The van der Waals surface area contributed by atoms with E-state index in [1.54, 1.807) is 0 Å². The van der Waals surface area contributed by atoms with Crippen LogP contribution in [0.2, 0.25) is 0 Å². The van der Waals surface area contributed by atoms with Crippen molar-refractivity contribution in [2.75, 3.05) is 0 Å². The molecule has 0 aromatic heterocycles. The molecule has 0 aliphatic heterocycles. The van der Waals surface area contributed by atoms with Gasteiger partial charge in [-0.1, -0.05) is 6.07 Å². The maximum atomic E-state index is 10.4. The smallest absolute Gasteiger partial charge is 0.335 e. The highest BCUT2D eigenvalue weighted by atomic mass is 16.4. The molecule has 0 spiro atoms. The number of carbonyl (C=O) groups is 2. The first-order chi connectivity index (χ1) is 5.61. The second-order valence-electron chi connectivity index (χ2n) is 2.19. The minimum atomic E-state index is -1.13. The maximum Gasteiger partial charge on any atom is 0.335 e. The molecule has 0 amide bonds. The minimum absolute atomic E-state index is 0. The van der Waals surface area contributed by atoms with Crippen LogP contribution in [-0.2, 0) is 0 Å². The van der Waals surface area contributed by atoms with Crippen LogP contribution in [-0.4, -0.2) is 22.2 Å². The number of carboxylic acid groups (broad SMARTS) is 2. The zero-order valence-corrected chi connectivity index (χ0v) is 9.56. The summed E-state index contributed by atoms with van der Waals surface area (Å²) < 4.78 is 0. The summed E-state index contributed by atoms with van der Waals surface area (Å²) in [4.78, 5) is 20.8. The summed E-state index contributed by atoms with van der Waals surface area (Å²) >= 11 is 0. The quantitative estimate of drug-likeness (QED) is 0.404. The normalized spacial score (nSPS) is 6.59. The molecular weight excluding hydrogens is 230 g/mol. The molecule has 17 heavy (non-hydrogen) atoms. The van der Waals surface area contributed by atoms with Gasteiger partial charge in [0.15, 0.2) is 0 Å². The van der Waals surface area contributed by atoms with Gasteiger partial charge in [0.25, 0.3) is 0 Å². The molecule has 0 atom stereocenters. The van der Waals surface area contributed by atoms with E-state index in [4.69, 9.17) is 10.2 Å². The van der Waals surface area contributed by atoms with Gasteiger partial charge in [-0.05, 0) is 18.2 Å². The van der Waals surface area contributed by atoms with Gasteiger partial charge in [-0.2, -0.15) is 0 Å². The molecule has 0 radical (unpaired) electrons. The largest absolute Gasteiger partial charge is 0.478 e. The van der Waals surface area contributed by atoms with Gasteiger partial charge in [-0.25, -0.2) is 9.59 Å². The molecule has 9 nitrogen and oxygen atoms in total. The van der Waals surface area contributed by atoms with Gasteiger partial charge in [0.1, 0.15) is 0 Å². The van der Waals surface area contributed by atoms with E-state index < -0.39 is 11.9 Å². The highest BCUT2D eigenvalue weighted by Gasteiger charge is 2.06. The van der Waals surface area contributed by atoms with E-state index in [0.29, 0.717) is 0 Å². The number of rotatable bonds is 2. The standard InChI is InChI=1S/C8H6O4.5H3N/c9-7(10)5-2-1-3-6(4-5)8(11)12;;;;;/h1-4H,(H,9,10)(H,11,12);5*1H3. The number of hydrogen-bond acceptors (Lipinski definition) is 7. The Hall–Kier alpha value is -2.04. The Labute approximate surface area is 98.8 Å². The van der Waals surface area contributed by atoms with Gasteiger partial charge >= 0.3 is 11.9 Å². The molecule has 9 heteroatoms. The fraction of sp³-hybridized carbons (Fsp3) is 0. The summed E-state index contributed by atoms with van der Waals surface area (Å²) in [6.07, 6.45) is 0. The van der Waals surface area contributed by atoms with E-state index in [0.717, 1.165) is 6.07 Å². The summed E-state index contributed by atoms with van der Waals surface area (Å²) in [5, 5.41) is 17.0. The Morgan fingerprint density at radius 3 is 1.29 bits per heavy atom. The van der Waals surface area contributed by atoms with Gasteiger partial charge in [0, 0.05) is 0 Å². The predicted molar refractivity (Wildman–Crippen MR) is 65.5 cm³/mol. The van der Waals surface area contributed by atoms with Crippen LogP contribution in [0.15, 0.2) is 24.3 Å². The molecule has 0 heterocycles. The van der Waals surface area contributed by atoms with Crippen molar-refractivity contribution in [2.45, 2.75) is 0 Å². The summed E-state index contributed by atoms with van der Waals surface area (Å²) in [6, 6.07) is 5.20. The van der Waals surface area contributed by atoms with Crippen molar-refractivity contribution in [2.24, 2.45) is 0 Å². The van der Waals surface area contributed by atoms with Crippen LogP contribution in [0.4, 0.5) is 0 Å². The number of aromatic carboxylic acids is 2. The Kier molecular flexibility index (Phi) is 20.8. The lowest BCUT2D eigenvalue weighted by molar-refractivity contribution is 0.0696. The third-order valence-corrected chi connectivity index (χ3v) is 1.36. The van der Waals surface area contributed by atoms with Crippen LogP contribution in [0.25, 0.3) is 0 Å². The molecule has 0 bridgehead atoms. The Morgan fingerprint density at radius 1 is 0.765 bits per heavy atom. The van der Waals surface area contributed by atoms with Crippen molar-refractivity contribution in [3.05, 3.63) is 35.4 Å². The van der Waals surface area contributed by atoms with Crippen LogP contribution < -0.4 is 30.8 Å². The molecule has 0 unspecified atom stereocenters. The summed E-state index contributed by atoms with van der Waals surface area (Å²) in [5.41, 5.74) is -0.0372. The van der Waals surface area contributed by atoms with Crippen molar-refractivity contribution in [3.63, 3.8) is 0 Å². The first kappa shape index (κ1) is 29.4. The second-order valence-corrected chi connectivity index (χ2v) is 2.19. The summed E-state index contributed by atoms with van der Waals surface area (Å²) in [6.45, 7) is 0. The lowest BCUT2D eigenvalue weighted by Gasteiger charge is -1.95. The molecule has 1 aromatic rings. The van der Waals surface area contributed by atoms with Crippen molar-refractivity contribution in [3.8, 4) is 0 Å². The molecule has 0 fully saturated rings. The van der Waals surface area contributed by atoms with Gasteiger partial charge in [0.2, 0.25) is 0 Å². The molecular formula is C8H21N5O4. The van der Waals surface area contributed by atoms with Gasteiger partial charge < -0.3 is 41.0 Å². The lowest BCUT2D eigenvalue weighted by atomic mass is 10.1. The molecule has 102 valence electrons. The topological polar surface area (TPSA) is 250 Å². The lowest BCUT2D eigenvalue weighted by Crippen LogP contribution is -2.01. The Morgan fingerprint density at radius 2 is 1.06 bits per heavy atom. The highest BCUT2D eigenvalue weighted by Crippen LogP contribution is 2.04. The van der Waals surface area contributed by atoms with Crippen molar-refractivity contribution < 1.29 is 19.8 Å². The van der Waals surface area contributed by atoms with E-state index in [1.807, 2.05) is 0 Å². The maximum absolute atomic E-state index is 10.4. The molecule has 0 aliphatic carbocycles. The van der Waals surface area contributed by atoms with Crippen LogP contribution >= 0.6 is 0 Å². The Balaban J connectivity index is -0.0000000960. The van der Waals surface area contributed by atoms with Crippen LogP contribution in [0.5, 0.6) is 0 Å². The van der Waals surface area contributed by atoms with E-state index in [1.165, 1.54) is 18.2 Å². The third kappa shape index (κ3) is 7.84. The van der Waals surface area contributed by atoms with Crippen molar-refractivity contribution in [1.29, 1.82) is 0 Å². The predicted octanol–water partition coefficient (Wildman–Crippen LogP) is 1.89. The molecule has 0 saturated heterocycles. The number of hydrogen-bond donors (Lipinski definition) is 7. The first-order valence-corrected chi connectivity index (χ1v) is 3.18. The zero-order valence-electron chi connectivity index (χ0n) is 9.56. The summed E-state index contributed by atoms with van der Waals surface area (Å²) in [7, 11) is 0. The van der Waals surface area contributed by atoms with Crippen molar-refractivity contribution in [1.82, 2.24) is 30.8 Å². The highest BCUT2D eigenvalue weighted by molar-refractivity contribution is 5.93. The van der Waals surface area contributed by atoms with Gasteiger partial charge in [-0.3, -0.25) is 0 Å². The van der Waals surface area contributed by atoms with E-state index in [-0.39, 0.29) is 41.9 Å². The monoisotopic (exact) mass is 251 g/mol. The van der Waals surface area contributed by atoms with Crippen LogP contribution in [0, 0.1) is 0 Å². The number of carboxylic acids is 2. The van der Waals surface area contributed by atoms with Crippen LogP contribution in [0.1, 0.15) is 20.7 Å². The number of benzene rings is 1. The van der Waals surface area contributed by atoms with E-state index in [2.05, 4.69) is 0 Å². The Bertz CT molecular complexity index is 315. The molecule has 1 rings (SSSR count). The fourth-order valence-corrected chi connectivity index (χ4v) is 0.785. The first-order valence-electron chi connectivity index (χ1n) is 3.18. The third-order valence-electron chi connectivity index (χ3n) is 1.36. The van der Waals surface area contributed by atoms with Crippen LogP contribution in [0.3, 0.4) is 0 Å². The molecule has 17 N–H and O–H groups in total. The van der Waals surface area contributed by atoms with E-state index in [9.17, 15) is 9.59 Å². The SMILES string of the molecule is N.N.N.N.N.O=C(O)c1cccc(C(=O)O)c1. The minimum Gasteiger partial charge on any atom is -0.478 e. The molecule has 0 aliphatic rings. The fourth-order valence-electron chi connectivity index (χ4n) is 0.785. The average molecular weight is 251 g/mol. The molecule has 0 saturated carbocycles. The average Bonchev–Trinajstić information content (AvgIpc) is 2.04. The zero-order chi connectivity index (χ0) is 9.14. The van der Waals surface area contributed by atoms with Crippen molar-refractivity contribution >= 4 is 11.9 Å². The summed E-state index contributed by atoms with van der Waals surface area (Å²) in [5.74, 6) is -2.25. The second kappa shape index (κ2) is 12.0. The van der Waals surface area contributed by atoms with E-state index >= 15 is 0 Å². The van der Waals surface area contributed by atoms with Gasteiger partial charge in [-0.15, -0.1) is 0 Å².